The highest BCUT2D eigenvalue weighted by Crippen LogP contribution is 2.69. The summed E-state index contributed by atoms with van der Waals surface area (Å²) in [5.41, 5.74) is 4.67. The molecule has 4 aromatic rings. The Labute approximate surface area is 284 Å². The van der Waals surface area contributed by atoms with Crippen molar-refractivity contribution < 1.29 is 13.9 Å². The van der Waals surface area contributed by atoms with Gasteiger partial charge in [-0.05, 0) is 98.4 Å². The third-order valence-electron chi connectivity index (χ3n) is 11.4. The van der Waals surface area contributed by atoms with Crippen LogP contribution in [0, 0.1) is 35.4 Å². The number of carbonyl (C=O) groups excluding carboxylic acids is 1. The Kier molecular flexibility index (Phi) is 7.61. The molecule has 9 nitrogen and oxygen atoms in total. The van der Waals surface area contributed by atoms with Gasteiger partial charge >= 0.3 is 0 Å². The average molecular weight is 668 g/mol. The van der Waals surface area contributed by atoms with Crippen LogP contribution in [0.5, 0.6) is 11.6 Å². The summed E-state index contributed by atoms with van der Waals surface area (Å²) in [6.07, 6.45) is 9.07. The molecule has 1 amide bonds. The van der Waals surface area contributed by atoms with Crippen LogP contribution in [0.4, 0.5) is 10.2 Å². The summed E-state index contributed by atoms with van der Waals surface area (Å²) in [5.74, 6) is 1.57. The highest BCUT2D eigenvalue weighted by atomic mass is 35.5. The minimum atomic E-state index is -0.425. The van der Waals surface area contributed by atoms with Gasteiger partial charge in [0, 0.05) is 67.5 Å². The Morgan fingerprint density at radius 1 is 1.17 bits per heavy atom. The van der Waals surface area contributed by atoms with E-state index >= 15 is 0 Å². The highest BCUT2D eigenvalue weighted by Gasteiger charge is 2.67. The number of nitrogens with zero attached hydrogens (tertiary/aromatic N) is 6. The van der Waals surface area contributed by atoms with Crippen molar-refractivity contribution in [1.82, 2.24) is 24.8 Å². The van der Waals surface area contributed by atoms with E-state index in [0.717, 1.165) is 75.7 Å². The molecule has 5 aliphatic rings. The standard InChI is InChI=1S/C37H39ClFN7O2/c1-3-33(47)43-37-20-36(21-37,22-37)9-13-46-27(16-40)15-28-23(2)24(4-6-30(28)46)17-44-12-8-25-18-45(19-31(25)44)34-35(42-11-10-41-34)48-32-7-5-26(39)14-29(32)38/h4-7,10-11,14-15,25,31H,3,8-9,12-13,17-22H2,1-2H3,(H,43,47). The van der Waals surface area contributed by atoms with E-state index in [9.17, 15) is 14.4 Å². The van der Waals surface area contributed by atoms with Crippen molar-refractivity contribution in [1.29, 1.82) is 5.26 Å². The van der Waals surface area contributed by atoms with Crippen molar-refractivity contribution >= 4 is 34.2 Å². The molecule has 0 radical (unpaired) electrons. The minimum Gasteiger partial charge on any atom is -0.434 e. The number of hydrogen-bond acceptors (Lipinski definition) is 7. The van der Waals surface area contributed by atoms with E-state index in [0.29, 0.717) is 46.9 Å². The number of ether oxygens (including phenoxy) is 1. The lowest BCUT2D eigenvalue weighted by atomic mass is 9.38. The number of hydrogen-bond donors (Lipinski definition) is 1. The smallest absolute Gasteiger partial charge is 0.263 e. The Hall–Kier alpha value is -4.20. The molecule has 1 N–H and O–H groups in total. The number of halogens is 2. The number of nitrogens with one attached hydrogen (secondary N) is 1. The molecule has 2 atom stereocenters. The summed E-state index contributed by atoms with van der Waals surface area (Å²) in [4.78, 5) is 25.8. The van der Waals surface area contributed by atoms with E-state index in [1.165, 1.54) is 29.3 Å². The second kappa shape index (κ2) is 11.7. The van der Waals surface area contributed by atoms with Crippen molar-refractivity contribution in [3.63, 3.8) is 0 Å². The Morgan fingerprint density at radius 3 is 2.75 bits per heavy atom. The normalized spacial score (nSPS) is 25.8. The molecule has 2 aromatic heterocycles. The maximum atomic E-state index is 13.6. The van der Waals surface area contributed by atoms with E-state index in [2.05, 4.69) is 60.8 Å². The molecule has 248 valence electrons. The first kappa shape index (κ1) is 31.1. The monoisotopic (exact) mass is 667 g/mol. The molecule has 11 heteroatoms. The maximum absolute atomic E-state index is 13.6. The molecule has 48 heavy (non-hydrogen) atoms. The fraction of sp³-hybridized carbons (Fsp3) is 0.459. The number of rotatable bonds is 10. The van der Waals surface area contributed by atoms with Crippen LogP contribution in [0.1, 0.15) is 62.3 Å². The first-order chi connectivity index (χ1) is 23.2. The van der Waals surface area contributed by atoms with Gasteiger partial charge in [0.15, 0.2) is 5.82 Å². The van der Waals surface area contributed by atoms with Gasteiger partial charge in [0.05, 0.1) is 5.02 Å². The first-order valence-corrected chi connectivity index (χ1v) is 17.3. The Morgan fingerprint density at radius 2 is 1.98 bits per heavy atom. The molecule has 9 rings (SSSR count). The number of aromatic nitrogens is 3. The number of amides is 1. The molecule has 2 unspecified atom stereocenters. The second-order valence-electron chi connectivity index (χ2n) is 14.4. The van der Waals surface area contributed by atoms with Crippen molar-refractivity contribution in [2.75, 3.05) is 24.5 Å². The van der Waals surface area contributed by atoms with Gasteiger partial charge in [0.2, 0.25) is 5.91 Å². The van der Waals surface area contributed by atoms with E-state index in [1.54, 1.807) is 12.4 Å². The molecule has 3 saturated carbocycles. The number of carbonyl (C=O) groups is 1. The van der Waals surface area contributed by atoms with Gasteiger partial charge < -0.3 is 19.5 Å². The third-order valence-corrected chi connectivity index (χ3v) is 11.7. The van der Waals surface area contributed by atoms with Crippen LogP contribution in [-0.2, 0) is 17.9 Å². The summed E-state index contributed by atoms with van der Waals surface area (Å²) in [6.45, 7) is 8.43. The second-order valence-corrected chi connectivity index (χ2v) is 14.8. The number of fused-ring (bicyclic) bond motifs is 2. The molecule has 2 bridgehead atoms. The third kappa shape index (κ3) is 5.28. The zero-order valence-electron chi connectivity index (χ0n) is 27.3. The summed E-state index contributed by atoms with van der Waals surface area (Å²) in [6, 6.07) is 13.4. The highest BCUT2D eigenvalue weighted by molar-refractivity contribution is 6.32. The lowest BCUT2D eigenvalue weighted by Crippen LogP contribution is -2.74. The van der Waals surface area contributed by atoms with E-state index in [4.69, 9.17) is 16.3 Å². The van der Waals surface area contributed by atoms with Crippen molar-refractivity contribution in [2.45, 2.75) is 77.0 Å². The van der Waals surface area contributed by atoms with Crippen LogP contribution in [0.2, 0.25) is 5.02 Å². The van der Waals surface area contributed by atoms with Crippen LogP contribution in [0.3, 0.4) is 0 Å². The van der Waals surface area contributed by atoms with Gasteiger partial charge in [0.25, 0.3) is 5.88 Å². The van der Waals surface area contributed by atoms with Gasteiger partial charge in [-0.25, -0.2) is 14.4 Å². The summed E-state index contributed by atoms with van der Waals surface area (Å²) >= 11 is 6.24. The van der Waals surface area contributed by atoms with Crippen molar-refractivity contribution in [2.24, 2.45) is 11.3 Å². The van der Waals surface area contributed by atoms with Crippen molar-refractivity contribution in [3.8, 4) is 17.7 Å². The van der Waals surface area contributed by atoms with Crippen LogP contribution in [-0.4, -0.2) is 56.6 Å². The molecule has 3 aliphatic carbocycles. The minimum absolute atomic E-state index is 0.0309. The van der Waals surface area contributed by atoms with Gasteiger partial charge in [-0.3, -0.25) is 9.69 Å². The predicted molar refractivity (Wildman–Crippen MR) is 181 cm³/mol. The zero-order valence-corrected chi connectivity index (χ0v) is 28.1. The molecule has 2 aliphatic heterocycles. The SMILES string of the molecule is CCC(=O)NC12CC(CCn3c(C#N)cc4c(C)c(CN5CCC6CN(c7nccnc7Oc7ccc(F)cc7Cl)CC65)ccc43)(C1)C2. The van der Waals surface area contributed by atoms with Gasteiger partial charge in [-0.15, -0.1) is 0 Å². The number of aryl methyl sites for hydroxylation is 2. The predicted octanol–water partition coefficient (Wildman–Crippen LogP) is 6.75. The molecule has 4 heterocycles. The topological polar surface area (TPSA) is 99.3 Å². The molecule has 0 spiro atoms. The summed E-state index contributed by atoms with van der Waals surface area (Å²) < 4.78 is 21.8. The number of benzene rings is 2. The van der Waals surface area contributed by atoms with Crippen LogP contribution in [0.15, 0.2) is 48.8 Å². The van der Waals surface area contributed by atoms with Crippen LogP contribution < -0.4 is 15.0 Å². The van der Waals surface area contributed by atoms with Crippen LogP contribution in [0.25, 0.3) is 10.9 Å². The molecular formula is C37H39ClFN7O2. The number of likely N-dealkylation sites (tertiary alicyclic amines) is 1. The fourth-order valence-electron chi connectivity index (χ4n) is 9.06. The van der Waals surface area contributed by atoms with Crippen molar-refractivity contribution in [3.05, 3.63) is 76.5 Å². The number of nitriles is 1. The molecule has 2 aromatic carbocycles. The van der Waals surface area contributed by atoms with Crippen LogP contribution >= 0.6 is 11.6 Å². The quantitative estimate of drug-likeness (QED) is 0.200. The Bertz CT molecular complexity index is 1950. The molecule has 2 saturated heterocycles. The summed E-state index contributed by atoms with van der Waals surface area (Å²) in [5, 5.41) is 14.6. The first-order valence-electron chi connectivity index (χ1n) is 16.9. The van der Waals surface area contributed by atoms with Gasteiger partial charge in [0.1, 0.15) is 23.3 Å². The molecular weight excluding hydrogens is 629 g/mol. The maximum Gasteiger partial charge on any atom is 0.263 e. The van der Waals surface area contributed by atoms with Gasteiger partial charge in [-0.2, -0.15) is 5.26 Å². The Balaban J connectivity index is 0.952. The lowest BCUT2D eigenvalue weighted by Gasteiger charge is -2.71. The van der Waals surface area contributed by atoms with E-state index in [1.807, 2.05) is 6.92 Å². The summed E-state index contributed by atoms with van der Waals surface area (Å²) in [7, 11) is 0. The largest absolute Gasteiger partial charge is 0.434 e. The lowest BCUT2D eigenvalue weighted by molar-refractivity contribution is -0.169. The zero-order chi connectivity index (χ0) is 33.2. The molecule has 5 fully saturated rings. The average Bonchev–Trinajstić information content (AvgIpc) is 3.74. The van der Waals surface area contributed by atoms with E-state index in [-0.39, 0.29) is 16.5 Å². The van der Waals surface area contributed by atoms with E-state index < -0.39 is 5.82 Å². The fourth-order valence-corrected chi connectivity index (χ4v) is 9.27. The number of anilines is 1. The van der Waals surface area contributed by atoms with Gasteiger partial charge in [-0.1, -0.05) is 24.6 Å².